The Morgan fingerprint density at radius 3 is 2.74 bits per heavy atom. The van der Waals surface area contributed by atoms with Crippen LogP contribution in [-0.4, -0.2) is 22.1 Å². The van der Waals surface area contributed by atoms with Crippen LogP contribution in [0.25, 0.3) is 0 Å². The number of ether oxygens (including phenoxy) is 1. The average Bonchev–Trinajstić information content (AvgIpc) is 2.41. The molecule has 0 saturated heterocycles. The molecule has 0 aliphatic heterocycles. The maximum absolute atomic E-state index is 10.6. The summed E-state index contributed by atoms with van der Waals surface area (Å²) >= 11 is 0. The molecule has 0 radical (unpaired) electrons. The van der Waals surface area contributed by atoms with E-state index in [-0.39, 0.29) is 29.3 Å². The molecule has 100 valence electrons. The standard InChI is InChI=1S/C12H14N4O3/c13-6-8-5-10(16(17)18)7-15-12(8)19-11-3-1-9(14)2-4-11/h5,7,9,11H,1-4,14H2. The second kappa shape index (κ2) is 5.63. The Balaban J connectivity index is 2.12. The van der Waals surface area contributed by atoms with Crippen LogP contribution in [0.5, 0.6) is 5.88 Å². The van der Waals surface area contributed by atoms with Crippen molar-refractivity contribution in [3.05, 3.63) is 27.9 Å². The summed E-state index contributed by atoms with van der Waals surface area (Å²) in [6.07, 6.45) is 4.44. The molecule has 0 aromatic carbocycles. The highest BCUT2D eigenvalue weighted by molar-refractivity contribution is 5.45. The summed E-state index contributed by atoms with van der Waals surface area (Å²) in [6, 6.07) is 3.26. The molecular formula is C12H14N4O3. The number of nitrogens with two attached hydrogens (primary N) is 1. The quantitative estimate of drug-likeness (QED) is 0.652. The molecule has 7 heteroatoms. The third kappa shape index (κ3) is 3.17. The molecule has 0 unspecified atom stereocenters. The van der Waals surface area contributed by atoms with Crippen LogP contribution in [-0.2, 0) is 0 Å². The van der Waals surface area contributed by atoms with Gasteiger partial charge in [-0.2, -0.15) is 5.26 Å². The summed E-state index contributed by atoms with van der Waals surface area (Å²) in [5, 5.41) is 19.6. The lowest BCUT2D eigenvalue weighted by atomic mass is 9.94. The average molecular weight is 262 g/mol. The van der Waals surface area contributed by atoms with Crippen molar-refractivity contribution >= 4 is 5.69 Å². The molecule has 1 aromatic heterocycles. The van der Waals surface area contributed by atoms with E-state index in [1.165, 1.54) is 6.07 Å². The zero-order chi connectivity index (χ0) is 13.8. The van der Waals surface area contributed by atoms with Crippen molar-refractivity contribution in [1.82, 2.24) is 4.98 Å². The fourth-order valence-corrected chi connectivity index (χ4v) is 2.08. The van der Waals surface area contributed by atoms with E-state index >= 15 is 0 Å². The molecule has 1 aliphatic carbocycles. The number of hydrogen-bond donors (Lipinski definition) is 1. The van der Waals surface area contributed by atoms with E-state index in [2.05, 4.69) is 4.98 Å². The number of nitriles is 1. The summed E-state index contributed by atoms with van der Waals surface area (Å²) in [5.41, 5.74) is 5.67. The van der Waals surface area contributed by atoms with Crippen molar-refractivity contribution in [2.75, 3.05) is 0 Å². The van der Waals surface area contributed by atoms with Crippen LogP contribution < -0.4 is 10.5 Å². The predicted octanol–water partition coefficient (Wildman–Crippen LogP) is 1.51. The molecule has 1 aromatic rings. The monoisotopic (exact) mass is 262 g/mol. The summed E-state index contributed by atoms with van der Waals surface area (Å²) in [6.45, 7) is 0. The number of nitro groups is 1. The zero-order valence-electron chi connectivity index (χ0n) is 10.3. The van der Waals surface area contributed by atoms with E-state index < -0.39 is 4.92 Å². The van der Waals surface area contributed by atoms with Gasteiger partial charge in [-0.05, 0) is 25.7 Å². The van der Waals surface area contributed by atoms with Crippen molar-refractivity contribution in [3.63, 3.8) is 0 Å². The van der Waals surface area contributed by atoms with Crippen molar-refractivity contribution in [2.45, 2.75) is 37.8 Å². The van der Waals surface area contributed by atoms with Gasteiger partial charge in [-0.15, -0.1) is 0 Å². The highest BCUT2D eigenvalue weighted by atomic mass is 16.6. The van der Waals surface area contributed by atoms with E-state index in [1.54, 1.807) is 0 Å². The maximum Gasteiger partial charge on any atom is 0.289 e. The molecule has 0 atom stereocenters. The highest BCUT2D eigenvalue weighted by Gasteiger charge is 2.22. The van der Waals surface area contributed by atoms with Gasteiger partial charge < -0.3 is 10.5 Å². The zero-order valence-corrected chi connectivity index (χ0v) is 10.3. The smallest absolute Gasteiger partial charge is 0.289 e. The Kier molecular flexibility index (Phi) is 3.92. The molecule has 7 nitrogen and oxygen atoms in total. The lowest BCUT2D eigenvalue weighted by Crippen LogP contribution is -2.32. The minimum atomic E-state index is -0.586. The lowest BCUT2D eigenvalue weighted by Gasteiger charge is -2.26. The molecule has 0 bridgehead atoms. The lowest BCUT2D eigenvalue weighted by molar-refractivity contribution is -0.385. The van der Waals surface area contributed by atoms with Gasteiger partial charge in [0.25, 0.3) is 5.69 Å². The molecule has 1 aliphatic rings. The van der Waals surface area contributed by atoms with Gasteiger partial charge in [0.15, 0.2) is 0 Å². The number of aromatic nitrogens is 1. The SMILES string of the molecule is N#Cc1cc([N+](=O)[O-])cnc1OC1CCC(N)CC1. The van der Waals surface area contributed by atoms with Crippen molar-refractivity contribution < 1.29 is 9.66 Å². The van der Waals surface area contributed by atoms with Gasteiger partial charge in [0.05, 0.1) is 4.92 Å². The third-order valence-corrected chi connectivity index (χ3v) is 3.17. The van der Waals surface area contributed by atoms with Gasteiger partial charge >= 0.3 is 0 Å². The molecule has 2 rings (SSSR count). The Labute approximate surface area is 110 Å². The van der Waals surface area contributed by atoms with Crippen LogP contribution in [0, 0.1) is 21.4 Å². The van der Waals surface area contributed by atoms with Crippen LogP contribution in [0.15, 0.2) is 12.3 Å². The summed E-state index contributed by atoms with van der Waals surface area (Å²) in [5.74, 6) is 0.161. The molecule has 2 N–H and O–H groups in total. The minimum Gasteiger partial charge on any atom is -0.473 e. The van der Waals surface area contributed by atoms with Gasteiger partial charge in [0, 0.05) is 12.1 Å². The largest absolute Gasteiger partial charge is 0.473 e. The van der Waals surface area contributed by atoms with Crippen LogP contribution in [0.3, 0.4) is 0 Å². The Morgan fingerprint density at radius 2 is 2.16 bits per heavy atom. The van der Waals surface area contributed by atoms with Crippen LogP contribution in [0.4, 0.5) is 5.69 Å². The third-order valence-electron chi connectivity index (χ3n) is 3.17. The van der Waals surface area contributed by atoms with Gasteiger partial charge in [-0.25, -0.2) is 4.98 Å². The topological polar surface area (TPSA) is 115 Å². The molecule has 19 heavy (non-hydrogen) atoms. The van der Waals surface area contributed by atoms with Crippen molar-refractivity contribution in [2.24, 2.45) is 5.73 Å². The van der Waals surface area contributed by atoms with Crippen LogP contribution in [0.2, 0.25) is 0 Å². The molecule has 1 fully saturated rings. The summed E-state index contributed by atoms with van der Waals surface area (Å²) < 4.78 is 5.65. The van der Waals surface area contributed by atoms with Crippen LogP contribution in [0.1, 0.15) is 31.2 Å². The second-order valence-corrected chi connectivity index (χ2v) is 4.57. The fourth-order valence-electron chi connectivity index (χ4n) is 2.08. The first kappa shape index (κ1) is 13.2. The Hall–Kier alpha value is -2.20. The van der Waals surface area contributed by atoms with E-state index in [4.69, 9.17) is 15.7 Å². The van der Waals surface area contributed by atoms with E-state index in [0.717, 1.165) is 31.9 Å². The van der Waals surface area contributed by atoms with Gasteiger partial charge in [-0.1, -0.05) is 0 Å². The predicted molar refractivity (Wildman–Crippen MR) is 66.5 cm³/mol. The van der Waals surface area contributed by atoms with Crippen LogP contribution >= 0.6 is 0 Å². The first-order valence-electron chi connectivity index (χ1n) is 6.07. The number of rotatable bonds is 3. The molecular weight excluding hydrogens is 248 g/mol. The van der Waals surface area contributed by atoms with Crippen molar-refractivity contribution in [1.29, 1.82) is 5.26 Å². The normalized spacial score (nSPS) is 22.5. The molecule has 0 spiro atoms. The number of nitrogens with zero attached hydrogens (tertiary/aromatic N) is 3. The van der Waals surface area contributed by atoms with E-state index in [9.17, 15) is 10.1 Å². The molecule has 1 heterocycles. The first-order chi connectivity index (χ1) is 9.10. The fraction of sp³-hybridized carbons (Fsp3) is 0.500. The summed E-state index contributed by atoms with van der Waals surface area (Å²) in [7, 11) is 0. The second-order valence-electron chi connectivity index (χ2n) is 4.57. The minimum absolute atomic E-state index is 0.0270. The van der Waals surface area contributed by atoms with Gasteiger partial charge in [-0.3, -0.25) is 10.1 Å². The highest BCUT2D eigenvalue weighted by Crippen LogP contribution is 2.25. The number of pyridine rings is 1. The van der Waals surface area contributed by atoms with Gasteiger partial charge in [0.1, 0.15) is 23.9 Å². The summed E-state index contributed by atoms with van der Waals surface area (Å²) in [4.78, 5) is 13.9. The van der Waals surface area contributed by atoms with E-state index in [1.807, 2.05) is 6.07 Å². The van der Waals surface area contributed by atoms with E-state index in [0.29, 0.717) is 0 Å². The Morgan fingerprint density at radius 1 is 1.47 bits per heavy atom. The number of hydrogen-bond acceptors (Lipinski definition) is 6. The Bertz CT molecular complexity index is 518. The van der Waals surface area contributed by atoms with Gasteiger partial charge in [0.2, 0.25) is 5.88 Å². The van der Waals surface area contributed by atoms with Crippen molar-refractivity contribution in [3.8, 4) is 11.9 Å². The first-order valence-corrected chi connectivity index (χ1v) is 6.07. The molecule has 0 amide bonds. The molecule has 1 saturated carbocycles. The maximum atomic E-state index is 10.6.